The summed E-state index contributed by atoms with van der Waals surface area (Å²) in [5.74, 6) is -2.86. The van der Waals surface area contributed by atoms with Crippen LogP contribution >= 0.6 is 58.0 Å². The van der Waals surface area contributed by atoms with Gasteiger partial charge in [0.1, 0.15) is 15.8 Å². The molecule has 0 saturated heterocycles. The summed E-state index contributed by atoms with van der Waals surface area (Å²) in [6, 6.07) is 13.3. The predicted molar refractivity (Wildman–Crippen MR) is 166 cm³/mol. The highest BCUT2D eigenvalue weighted by atomic mass is 35.5. The molecule has 1 N–H and O–H groups in total. The molecule has 6 nitrogen and oxygen atoms in total. The van der Waals surface area contributed by atoms with Crippen molar-refractivity contribution in [3.63, 3.8) is 0 Å². The molecule has 1 aliphatic rings. The van der Waals surface area contributed by atoms with Crippen LogP contribution in [0.15, 0.2) is 54.6 Å². The lowest BCUT2D eigenvalue weighted by Gasteiger charge is -2.25. The predicted octanol–water partition coefficient (Wildman–Crippen LogP) is 9.11. The number of hydrogen-bond donors (Lipinski definition) is 1. The molecule has 2 unspecified atom stereocenters. The molecule has 0 spiro atoms. The minimum atomic E-state index is -1.38. The Bertz CT molecular complexity index is 1550. The van der Waals surface area contributed by atoms with E-state index in [0.29, 0.717) is 26.9 Å². The lowest BCUT2D eigenvalue weighted by molar-refractivity contribution is -0.117. The van der Waals surface area contributed by atoms with Crippen molar-refractivity contribution in [2.24, 2.45) is 5.92 Å². The Morgan fingerprint density at radius 3 is 2.24 bits per heavy atom. The monoisotopic (exact) mass is 672 g/mol. The van der Waals surface area contributed by atoms with E-state index in [1.165, 1.54) is 37.4 Å². The van der Waals surface area contributed by atoms with Crippen LogP contribution in [0, 0.1) is 11.7 Å². The summed E-state index contributed by atoms with van der Waals surface area (Å²) in [7, 11) is 1.38. The Morgan fingerprint density at radius 1 is 0.976 bits per heavy atom. The first kappa shape index (κ1) is 32.4. The van der Waals surface area contributed by atoms with Gasteiger partial charge in [0.25, 0.3) is 0 Å². The van der Waals surface area contributed by atoms with Crippen molar-refractivity contribution >= 4 is 87.2 Å². The Morgan fingerprint density at radius 2 is 1.62 bits per heavy atom. The fourth-order valence-electron chi connectivity index (χ4n) is 4.49. The van der Waals surface area contributed by atoms with Gasteiger partial charge in [0.05, 0.1) is 16.6 Å². The minimum absolute atomic E-state index is 0.0488. The molecule has 42 heavy (non-hydrogen) atoms. The Hall–Kier alpha value is -2.55. The van der Waals surface area contributed by atoms with Crippen LogP contribution in [0.4, 0.5) is 20.6 Å². The van der Waals surface area contributed by atoms with Gasteiger partial charge in [-0.1, -0.05) is 40.9 Å². The molecule has 1 fully saturated rings. The highest BCUT2D eigenvalue weighted by Gasteiger charge is 2.67. The number of Topliss-reactive ketones (excluding diaryl/α,β-unsaturated/α-hetero) is 1. The zero-order valence-corrected chi connectivity index (χ0v) is 26.7. The van der Waals surface area contributed by atoms with Crippen LogP contribution in [-0.4, -0.2) is 34.8 Å². The van der Waals surface area contributed by atoms with E-state index in [-0.39, 0.29) is 22.7 Å². The smallest absolute Gasteiger partial charge is 0.414 e. The Balaban J connectivity index is 1.49. The fourth-order valence-corrected chi connectivity index (χ4v) is 6.09. The maximum Gasteiger partial charge on any atom is 0.414 e. The first-order chi connectivity index (χ1) is 19.5. The fraction of sp³-hybridized carbons (Fsp3) is 0.300. The van der Waals surface area contributed by atoms with Crippen LogP contribution in [0.1, 0.15) is 48.2 Å². The maximum atomic E-state index is 14.6. The Labute approximate surface area is 268 Å². The number of alkyl halides is 2. The minimum Gasteiger partial charge on any atom is -0.443 e. The van der Waals surface area contributed by atoms with E-state index in [1.807, 2.05) is 0 Å². The summed E-state index contributed by atoms with van der Waals surface area (Å²) in [6.07, 6.45) is -0.898. The van der Waals surface area contributed by atoms with Crippen molar-refractivity contribution < 1.29 is 23.5 Å². The molecule has 0 aromatic heterocycles. The van der Waals surface area contributed by atoms with Crippen molar-refractivity contribution in [1.82, 2.24) is 0 Å². The normalized spacial score (nSPS) is 17.4. The quantitative estimate of drug-likeness (QED) is 0.200. The van der Waals surface area contributed by atoms with Crippen LogP contribution in [0.25, 0.3) is 0 Å². The molecule has 0 heterocycles. The molecule has 4 rings (SSSR count). The van der Waals surface area contributed by atoms with Crippen molar-refractivity contribution in [1.29, 1.82) is 0 Å². The zero-order chi connectivity index (χ0) is 31.1. The van der Waals surface area contributed by atoms with Crippen molar-refractivity contribution in [3.8, 4) is 0 Å². The van der Waals surface area contributed by atoms with E-state index in [4.69, 9.17) is 62.7 Å². The van der Waals surface area contributed by atoms with E-state index < -0.39 is 45.4 Å². The third kappa shape index (κ3) is 7.32. The SMILES string of the molecule is CN(C(=O)OC(C)(C)C)c1cc(CC(=O)c2cc(NC(=O)C3C(c4cc(Cl)cc(Cl)c4)C3(Cl)Cl)ccc2Cl)ccc1F. The van der Waals surface area contributed by atoms with Crippen LogP contribution in [0.2, 0.25) is 15.1 Å². The average molecular weight is 675 g/mol. The number of halogens is 6. The summed E-state index contributed by atoms with van der Waals surface area (Å²) < 4.78 is 18.5. The van der Waals surface area contributed by atoms with Gasteiger partial charge in [-0.25, -0.2) is 9.18 Å². The molecule has 0 radical (unpaired) electrons. The molecule has 1 aliphatic carbocycles. The molecule has 0 aliphatic heterocycles. The number of carbonyl (C=O) groups excluding carboxylic acids is 3. The first-order valence-electron chi connectivity index (χ1n) is 12.7. The third-order valence-electron chi connectivity index (χ3n) is 6.52. The second kappa shape index (κ2) is 12.2. The lowest BCUT2D eigenvalue weighted by atomic mass is 10.0. The number of benzene rings is 3. The molecular formula is C30H26Cl5FN2O4. The van der Waals surface area contributed by atoms with Gasteiger partial charge < -0.3 is 10.1 Å². The molecule has 3 aromatic rings. The highest BCUT2D eigenvalue weighted by Crippen LogP contribution is 2.65. The van der Waals surface area contributed by atoms with Crippen molar-refractivity contribution in [2.75, 3.05) is 17.3 Å². The molecule has 2 amide bonds. The van der Waals surface area contributed by atoms with Crippen molar-refractivity contribution in [2.45, 2.75) is 43.0 Å². The van der Waals surface area contributed by atoms with Gasteiger partial charge in [-0.05, 0) is 80.4 Å². The van der Waals surface area contributed by atoms with Gasteiger partial charge >= 0.3 is 6.09 Å². The molecule has 222 valence electrons. The number of ether oxygens (including phenoxy) is 1. The van der Waals surface area contributed by atoms with Gasteiger partial charge in [0.15, 0.2) is 5.78 Å². The maximum absolute atomic E-state index is 14.6. The average Bonchev–Trinajstić information content (AvgIpc) is 3.46. The molecule has 1 saturated carbocycles. The molecule has 2 atom stereocenters. The third-order valence-corrected chi connectivity index (χ3v) is 8.22. The van der Waals surface area contributed by atoms with E-state index in [9.17, 15) is 18.8 Å². The number of hydrogen-bond acceptors (Lipinski definition) is 4. The lowest BCUT2D eigenvalue weighted by Crippen LogP contribution is -2.34. The zero-order valence-electron chi connectivity index (χ0n) is 22.9. The number of nitrogens with zero attached hydrogens (tertiary/aromatic N) is 1. The molecule has 0 bridgehead atoms. The van der Waals surface area contributed by atoms with E-state index in [2.05, 4.69) is 5.32 Å². The standard InChI is InChI=1S/C30H26Cl5FN2O4/c1-29(2,3)42-28(41)38(4)23-9-15(5-8-22(23)36)10-24(39)20-14-19(6-7-21(20)33)37-27(40)26-25(30(26,34)35)16-11-17(31)13-18(32)12-16/h5-9,11-14,25-26H,10H2,1-4H3,(H,37,40). The molecular weight excluding hydrogens is 649 g/mol. The molecule has 3 aromatic carbocycles. The number of ketones is 1. The van der Waals surface area contributed by atoms with E-state index in [0.717, 1.165) is 4.90 Å². The van der Waals surface area contributed by atoms with Gasteiger partial charge in [-0.3, -0.25) is 14.5 Å². The first-order valence-corrected chi connectivity index (χ1v) is 14.6. The van der Waals surface area contributed by atoms with Gasteiger partial charge in [0, 0.05) is 40.7 Å². The van der Waals surface area contributed by atoms with Crippen LogP contribution in [0.3, 0.4) is 0 Å². The number of rotatable bonds is 7. The van der Waals surface area contributed by atoms with Gasteiger partial charge in [0.2, 0.25) is 5.91 Å². The van der Waals surface area contributed by atoms with Crippen LogP contribution in [0.5, 0.6) is 0 Å². The topological polar surface area (TPSA) is 75.7 Å². The van der Waals surface area contributed by atoms with Gasteiger partial charge in [-0.15, -0.1) is 23.2 Å². The molecule has 12 heteroatoms. The second-order valence-electron chi connectivity index (χ2n) is 10.9. The van der Waals surface area contributed by atoms with Gasteiger partial charge in [-0.2, -0.15) is 0 Å². The number of anilines is 2. The number of nitrogens with one attached hydrogen (secondary N) is 1. The Kier molecular flexibility index (Phi) is 9.41. The summed E-state index contributed by atoms with van der Waals surface area (Å²) in [4.78, 5) is 39.9. The largest absolute Gasteiger partial charge is 0.443 e. The summed E-state index contributed by atoms with van der Waals surface area (Å²) >= 11 is 31.4. The number of amides is 2. The van der Waals surface area contributed by atoms with E-state index >= 15 is 0 Å². The van der Waals surface area contributed by atoms with Crippen molar-refractivity contribution in [3.05, 3.63) is 92.2 Å². The summed E-state index contributed by atoms with van der Waals surface area (Å²) in [5.41, 5.74) is 0.680. The number of carbonyl (C=O) groups is 3. The van der Waals surface area contributed by atoms with Crippen LogP contribution in [-0.2, 0) is 16.0 Å². The second-order valence-corrected chi connectivity index (χ2v) is 13.7. The van der Waals surface area contributed by atoms with Crippen LogP contribution < -0.4 is 10.2 Å². The summed E-state index contributed by atoms with van der Waals surface area (Å²) in [6.45, 7) is 5.10. The summed E-state index contributed by atoms with van der Waals surface area (Å²) in [5, 5.41) is 3.68. The van der Waals surface area contributed by atoms with E-state index in [1.54, 1.807) is 45.0 Å². The highest BCUT2D eigenvalue weighted by molar-refractivity contribution is 6.53.